The van der Waals surface area contributed by atoms with Gasteiger partial charge in [0.05, 0.1) is 33.0 Å². The second kappa shape index (κ2) is 15.6. The summed E-state index contributed by atoms with van der Waals surface area (Å²) in [5.74, 6) is 0. The topological polar surface area (TPSA) is 89.5 Å². The van der Waals surface area contributed by atoms with Crippen LogP contribution in [0.3, 0.4) is 0 Å². The molecule has 1 heterocycles. The van der Waals surface area contributed by atoms with Gasteiger partial charge in [0, 0.05) is 0 Å². The number of alkyl halides is 3. The van der Waals surface area contributed by atoms with Crippen LogP contribution in [0.15, 0.2) is 104 Å². The second-order valence-electron chi connectivity index (χ2n) is 9.65. The monoisotopic (exact) mass is 622 g/mol. The van der Waals surface area contributed by atoms with Crippen LogP contribution in [0.5, 0.6) is 0 Å². The summed E-state index contributed by atoms with van der Waals surface area (Å²) >= 11 is 0. The van der Waals surface area contributed by atoms with Crippen LogP contribution in [0.25, 0.3) is 0 Å². The molecule has 0 unspecified atom stereocenters. The predicted octanol–water partition coefficient (Wildman–Crippen LogP) is 5.54. The third-order valence-corrected chi connectivity index (χ3v) is 7.50. The van der Waals surface area contributed by atoms with Crippen molar-refractivity contribution in [2.75, 3.05) is 13.2 Å². The Hall–Kier alpha value is -3.10. The van der Waals surface area contributed by atoms with Crippen molar-refractivity contribution in [3.8, 4) is 0 Å². The Balaban J connectivity index is 1.67. The van der Waals surface area contributed by atoms with Crippen LogP contribution in [-0.4, -0.2) is 57.8 Å². The molecular formula is C31H33F3O8S. The van der Waals surface area contributed by atoms with E-state index in [4.69, 9.17) is 27.9 Å². The molecule has 5 atom stereocenters. The Kier molecular flexibility index (Phi) is 11.9. The van der Waals surface area contributed by atoms with Crippen molar-refractivity contribution in [1.82, 2.24) is 0 Å². The van der Waals surface area contributed by atoms with E-state index in [9.17, 15) is 21.6 Å². The fourth-order valence-electron chi connectivity index (χ4n) is 4.39. The van der Waals surface area contributed by atoms with Crippen LogP contribution in [-0.2, 0) is 57.8 Å². The van der Waals surface area contributed by atoms with Gasteiger partial charge in [0.1, 0.15) is 24.4 Å². The van der Waals surface area contributed by atoms with Gasteiger partial charge < -0.3 is 23.7 Å². The highest BCUT2D eigenvalue weighted by molar-refractivity contribution is 7.87. The van der Waals surface area contributed by atoms with Gasteiger partial charge in [-0.25, -0.2) is 0 Å². The van der Waals surface area contributed by atoms with E-state index >= 15 is 0 Å². The summed E-state index contributed by atoms with van der Waals surface area (Å²) in [6, 6.07) is 26.9. The normalized spacial score (nSPS) is 22.7. The van der Waals surface area contributed by atoms with Crippen molar-refractivity contribution in [2.24, 2.45) is 0 Å². The minimum Gasteiger partial charge on any atom is -0.374 e. The lowest BCUT2D eigenvalue weighted by atomic mass is 9.98. The zero-order valence-corrected chi connectivity index (χ0v) is 24.0. The minimum absolute atomic E-state index is 0.00191. The van der Waals surface area contributed by atoms with Crippen LogP contribution in [0, 0.1) is 0 Å². The first-order valence-electron chi connectivity index (χ1n) is 13.5. The van der Waals surface area contributed by atoms with Crippen molar-refractivity contribution in [1.29, 1.82) is 0 Å². The maximum Gasteiger partial charge on any atom is 0.523 e. The average molecular weight is 623 g/mol. The number of hydrogen-bond donors (Lipinski definition) is 0. The molecule has 0 aliphatic carbocycles. The van der Waals surface area contributed by atoms with Crippen LogP contribution >= 0.6 is 0 Å². The summed E-state index contributed by atoms with van der Waals surface area (Å²) < 4.78 is 100. The Morgan fingerprint density at radius 2 is 1.21 bits per heavy atom. The minimum atomic E-state index is -6.08. The number of benzene rings is 3. The maximum atomic E-state index is 13.6. The Bertz CT molecular complexity index is 1360. The summed E-state index contributed by atoms with van der Waals surface area (Å²) in [4.78, 5) is 0. The molecule has 0 aromatic heterocycles. The lowest BCUT2D eigenvalue weighted by Gasteiger charge is -2.45. The molecule has 0 N–H and O–H groups in total. The summed E-state index contributed by atoms with van der Waals surface area (Å²) in [5, 5.41) is 0. The molecule has 232 valence electrons. The van der Waals surface area contributed by atoms with Crippen molar-refractivity contribution in [3.05, 3.63) is 120 Å². The molecule has 0 radical (unpaired) electrons. The number of hydrogen-bond acceptors (Lipinski definition) is 8. The first kappa shape index (κ1) is 32.8. The molecule has 4 rings (SSSR count). The zero-order valence-electron chi connectivity index (χ0n) is 23.2. The predicted molar refractivity (Wildman–Crippen MR) is 151 cm³/mol. The molecule has 1 fully saturated rings. The summed E-state index contributed by atoms with van der Waals surface area (Å²) in [7, 11) is -6.08. The van der Waals surface area contributed by atoms with Gasteiger partial charge in [0.15, 0.2) is 6.29 Å². The van der Waals surface area contributed by atoms with Gasteiger partial charge in [-0.15, -0.1) is 6.58 Å². The van der Waals surface area contributed by atoms with Crippen molar-refractivity contribution in [2.45, 2.75) is 56.0 Å². The van der Waals surface area contributed by atoms with Gasteiger partial charge in [-0.1, -0.05) is 97.1 Å². The standard InChI is InChI=1S/C31H33F3O8S/c1-2-18-38-30-29(40-21-25-16-10-5-11-17-25)28(39-20-24-14-8-4-9-15-24)27(42-43(35,36)31(32,33)34)26(41-30)22-37-19-23-12-6-3-7-13-23/h2-17,26-30H,1,18-22H2/t26-,27+,28+,29-,30+/m1/s1. The van der Waals surface area contributed by atoms with Gasteiger partial charge >= 0.3 is 15.6 Å². The molecule has 3 aromatic carbocycles. The second-order valence-corrected chi connectivity index (χ2v) is 11.2. The third kappa shape index (κ3) is 9.44. The lowest BCUT2D eigenvalue weighted by molar-refractivity contribution is -0.315. The molecule has 3 aromatic rings. The van der Waals surface area contributed by atoms with Crippen LogP contribution in [0.1, 0.15) is 16.7 Å². The van der Waals surface area contributed by atoms with E-state index < -0.39 is 46.3 Å². The molecule has 1 aliphatic heterocycles. The van der Waals surface area contributed by atoms with Gasteiger partial charge in [-0.05, 0) is 16.7 Å². The van der Waals surface area contributed by atoms with Crippen LogP contribution in [0.4, 0.5) is 13.2 Å². The SMILES string of the molecule is C=CCO[C@H]1O[C@H](COCc2ccccc2)[C@H](OS(=O)(=O)C(F)(F)F)[C@H](OCc2ccccc2)[C@H]1OCc1ccccc1. The molecule has 1 saturated heterocycles. The highest BCUT2D eigenvalue weighted by Crippen LogP contribution is 2.35. The quantitative estimate of drug-likeness (QED) is 0.124. The summed E-state index contributed by atoms with van der Waals surface area (Å²) in [5.41, 5.74) is -3.46. The molecule has 43 heavy (non-hydrogen) atoms. The Morgan fingerprint density at radius 3 is 1.70 bits per heavy atom. The van der Waals surface area contributed by atoms with Crippen LogP contribution < -0.4 is 0 Å². The fraction of sp³-hybridized carbons (Fsp3) is 0.355. The van der Waals surface area contributed by atoms with Gasteiger partial charge in [0.2, 0.25) is 0 Å². The molecular weight excluding hydrogens is 589 g/mol. The molecule has 12 heteroatoms. The molecule has 8 nitrogen and oxygen atoms in total. The molecule has 0 amide bonds. The van der Waals surface area contributed by atoms with Crippen molar-refractivity contribution < 1.29 is 49.5 Å². The van der Waals surface area contributed by atoms with E-state index in [-0.39, 0.29) is 33.0 Å². The van der Waals surface area contributed by atoms with E-state index in [1.54, 1.807) is 78.9 Å². The van der Waals surface area contributed by atoms with Crippen molar-refractivity contribution in [3.63, 3.8) is 0 Å². The van der Waals surface area contributed by atoms with E-state index in [2.05, 4.69) is 6.58 Å². The largest absolute Gasteiger partial charge is 0.523 e. The van der Waals surface area contributed by atoms with Crippen LogP contribution in [0.2, 0.25) is 0 Å². The first-order chi connectivity index (χ1) is 20.7. The zero-order chi connectivity index (χ0) is 30.7. The molecule has 0 saturated carbocycles. The third-order valence-electron chi connectivity index (χ3n) is 6.46. The molecule has 0 spiro atoms. The first-order valence-corrected chi connectivity index (χ1v) is 14.9. The van der Waals surface area contributed by atoms with Gasteiger partial charge in [0.25, 0.3) is 0 Å². The highest BCUT2D eigenvalue weighted by Gasteiger charge is 2.55. The number of rotatable bonds is 15. The fourth-order valence-corrected chi connectivity index (χ4v) is 5.03. The van der Waals surface area contributed by atoms with Gasteiger partial charge in [-0.2, -0.15) is 21.6 Å². The molecule has 0 bridgehead atoms. The molecule has 1 aliphatic rings. The van der Waals surface area contributed by atoms with E-state index in [1.807, 2.05) is 12.1 Å². The number of halogens is 3. The Labute approximate surface area is 249 Å². The van der Waals surface area contributed by atoms with Crippen molar-refractivity contribution >= 4 is 10.1 Å². The van der Waals surface area contributed by atoms with Gasteiger partial charge in [-0.3, -0.25) is 4.18 Å². The maximum absolute atomic E-state index is 13.6. The lowest BCUT2D eigenvalue weighted by Crippen LogP contribution is -2.62. The van der Waals surface area contributed by atoms with E-state index in [0.29, 0.717) is 5.56 Å². The summed E-state index contributed by atoms with van der Waals surface area (Å²) in [6.45, 7) is 3.31. The van der Waals surface area contributed by atoms with E-state index in [1.165, 1.54) is 6.08 Å². The summed E-state index contributed by atoms with van der Waals surface area (Å²) in [6.07, 6.45) is -5.49. The highest BCUT2D eigenvalue weighted by atomic mass is 32.2. The van der Waals surface area contributed by atoms with E-state index in [0.717, 1.165) is 11.1 Å². The number of ether oxygens (including phenoxy) is 5. The average Bonchev–Trinajstić information content (AvgIpc) is 3.00. The smallest absolute Gasteiger partial charge is 0.374 e. The Morgan fingerprint density at radius 1 is 0.721 bits per heavy atom.